The van der Waals surface area contributed by atoms with E-state index in [4.69, 9.17) is 18.9 Å². The molecule has 0 bridgehead atoms. The number of carbonyl (C=O) groups is 1. The van der Waals surface area contributed by atoms with Gasteiger partial charge in [-0.25, -0.2) is 9.79 Å². The quantitative estimate of drug-likeness (QED) is 0.206. The number of fused-ring (bicyclic) bond motifs is 1. The van der Waals surface area contributed by atoms with Gasteiger partial charge in [0.15, 0.2) is 9.89 Å². The first-order valence-electron chi connectivity index (χ1n) is 12.8. The van der Waals surface area contributed by atoms with Crippen molar-refractivity contribution in [3.63, 3.8) is 0 Å². The van der Waals surface area contributed by atoms with Crippen molar-refractivity contribution in [2.45, 2.75) is 42.7 Å². The van der Waals surface area contributed by atoms with Gasteiger partial charge in [-0.3, -0.25) is 9.36 Å². The number of methoxy groups -OCH3 is 1. The molecule has 0 aliphatic carbocycles. The van der Waals surface area contributed by atoms with Gasteiger partial charge in [0.25, 0.3) is 5.56 Å². The second kappa shape index (κ2) is 12.4. The maximum absolute atomic E-state index is 14.0. The van der Waals surface area contributed by atoms with Gasteiger partial charge in [0.05, 0.1) is 29.5 Å². The average Bonchev–Trinajstić information content (AvgIpc) is 3.52. The van der Waals surface area contributed by atoms with Crippen LogP contribution in [0, 0.1) is 0 Å². The first-order valence-corrected chi connectivity index (χ1v) is 15.2. The summed E-state index contributed by atoms with van der Waals surface area (Å²) in [6.45, 7) is 3.99. The van der Waals surface area contributed by atoms with E-state index in [1.807, 2.05) is 67.6 Å². The minimum Gasteiger partial charge on any atom is -0.496 e. The van der Waals surface area contributed by atoms with Crippen LogP contribution in [0.15, 0.2) is 101 Å². The fourth-order valence-corrected chi connectivity index (χ4v) is 6.71. The Bertz CT molecular complexity index is 1750. The van der Waals surface area contributed by atoms with E-state index in [-0.39, 0.29) is 12.2 Å². The van der Waals surface area contributed by atoms with E-state index in [0.717, 1.165) is 20.9 Å². The van der Waals surface area contributed by atoms with Gasteiger partial charge in [-0.2, -0.15) is 0 Å². The molecular weight excluding hydrogens is 612 g/mol. The van der Waals surface area contributed by atoms with Crippen LogP contribution in [0.4, 0.5) is 0 Å². The molecule has 0 saturated heterocycles. The summed E-state index contributed by atoms with van der Waals surface area (Å²) in [7, 11) is 1.57. The molecule has 1 aliphatic heterocycles. The van der Waals surface area contributed by atoms with Crippen LogP contribution in [0.1, 0.15) is 44.1 Å². The maximum Gasteiger partial charge on any atom is 0.338 e. The molecule has 0 fully saturated rings. The fraction of sp³-hybridized carbons (Fsp3) is 0.233. The van der Waals surface area contributed by atoms with Gasteiger partial charge in [0.1, 0.15) is 17.6 Å². The summed E-state index contributed by atoms with van der Waals surface area (Å²) in [6, 6.07) is 18.4. The largest absolute Gasteiger partial charge is 0.496 e. The normalized spacial score (nSPS) is 15.1. The van der Waals surface area contributed by atoms with E-state index in [2.05, 4.69) is 15.9 Å². The number of carbonyl (C=O) groups excluding carboxylic acids is 1. The SMILES string of the molecule is CCCC1=C(C(=O)OCC)[C@H](c2cc(Br)ccc2OC)n2c(s/c(=C/c3ccc(Sc4ccccc4)o3)c2=O)=N1. The maximum atomic E-state index is 14.0. The van der Waals surface area contributed by atoms with Crippen molar-refractivity contribution in [3.05, 3.63) is 107 Å². The van der Waals surface area contributed by atoms with Gasteiger partial charge in [-0.05, 0) is 55.8 Å². The molecule has 0 radical (unpaired) electrons. The number of esters is 1. The van der Waals surface area contributed by atoms with E-state index in [1.54, 1.807) is 24.7 Å². The number of hydrogen-bond acceptors (Lipinski definition) is 8. The van der Waals surface area contributed by atoms with Crippen LogP contribution in [-0.4, -0.2) is 24.3 Å². The van der Waals surface area contributed by atoms with Gasteiger partial charge in [-0.1, -0.05) is 70.6 Å². The smallest absolute Gasteiger partial charge is 0.338 e. The molecule has 0 spiro atoms. The predicted octanol–water partition coefficient (Wildman–Crippen LogP) is 6.09. The highest BCUT2D eigenvalue weighted by molar-refractivity contribution is 9.10. The fourth-order valence-electron chi connectivity index (χ4n) is 4.53. The Hall–Kier alpha value is -3.34. The van der Waals surface area contributed by atoms with E-state index in [0.29, 0.717) is 44.1 Å². The van der Waals surface area contributed by atoms with Crippen molar-refractivity contribution in [2.24, 2.45) is 4.99 Å². The molecule has 2 aromatic heterocycles. The van der Waals surface area contributed by atoms with E-state index < -0.39 is 12.0 Å². The lowest BCUT2D eigenvalue weighted by atomic mass is 9.93. The first kappa shape index (κ1) is 28.2. The number of allylic oxidation sites excluding steroid dienone is 1. The third-order valence-corrected chi connectivity index (χ3v) is 8.62. The highest BCUT2D eigenvalue weighted by Gasteiger charge is 2.36. The molecule has 4 aromatic rings. The third kappa shape index (κ3) is 5.75. The van der Waals surface area contributed by atoms with Crippen LogP contribution in [0.3, 0.4) is 0 Å². The number of ether oxygens (including phenoxy) is 2. The Morgan fingerprint density at radius 3 is 2.70 bits per heavy atom. The minimum absolute atomic E-state index is 0.205. The van der Waals surface area contributed by atoms with Crippen LogP contribution < -0.4 is 19.6 Å². The van der Waals surface area contributed by atoms with Crippen LogP contribution in [0.2, 0.25) is 0 Å². The molecule has 1 aliphatic rings. The number of halogens is 1. The van der Waals surface area contributed by atoms with Crippen molar-refractivity contribution in [3.8, 4) is 5.75 Å². The highest BCUT2D eigenvalue weighted by Crippen LogP contribution is 2.38. The summed E-state index contributed by atoms with van der Waals surface area (Å²) in [5.41, 5.74) is 1.34. The summed E-state index contributed by atoms with van der Waals surface area (Å²) < 4.78 is 20.0. The molecule has 3 heterocycles. The van der Waals surface area contributed by atoms with E-state index in [1.165, 1.54) is 23.1 Å². The number of benzene rings is 2. The zero-order valence-electron chi connectivity index (χ0n) is 22.2. The standard InChI is InChI=1S/C30H27BrN2O5S2/c1-4-9-22-26(29(35)37-5-2)27(21-16-18(31)12-14-23(21)36-3)33-28(34)24(40-30(33)32-22)17-19-13-15-25(38-19)39-20-10-7-6-8-11-20/h6-8,10-17,27H,4-5,9H2,1-3H3/b24-17+/t27-/m0/s1. The lowest BCUT2D eigenvalue weighted by molar-refractivity contribution is -0.139. The van der Waals surface area contributed by atoms with Crippen molar-refractivity contribution in [2.75, 3.05) is 13.7 Å². The van der Waals surface area contributed by atoms with Crippen LogP contribution in [-0.2, 0) is 9.53 Å². The van der Waals surface area contributed by atoms with Crippen LogP contribution in [0.5, 0.6) is 5.75 Å². The van der Waals surface area contributed by atoms with Crippen LogP contribution in [0.25, 0.3) is 6.08 Å². The molecule has 0 saturated carbocycles. The molecule has 1 atom stereocenters. The third-order valence-electron chi connectivity index (χ3n) is 6.22. The van der Waals surface area contributed by atoms with Crippen molar-refractivity contribution in [1.29, 1.82) is 0 Å². The number of aromatic nitrogens is 1. The highest BCUT2D eigenvalue weighted by atomic mass is 79.9. The Morgan fingerprint density at radius 1 is 1.18 bits per heavy atom. The Balaban J connectivity index is 1.67. The second-order valence-corrected chi connectivity index (χ2v) is 11.9. The second-order valence-electron chi connectivity index (χ2n) is 8.87. The predicted molar refractivity (Wildman–Crippen MR) is 160 cm³/mol. The minimum atomic E-state index is -0.771. The van der Waals surface area contributed by atoms with Gasteiger partial charge >= 0.3 is 5.97 Å². The number of thiazole rings is 1. The summed E-state index contributed by atoms with van der Waals surface area (Å²) in [5.74, 6) is 0.610. The van der Waals surface area contributed by atoms with Gasteiger partial charge < -0.3 is 13.9 Å². The molecule has 0 N–H and O–H groups in total. The van der Waals surface area contributed by atoms with Gasteiger partial charge in [-0.15, -0.1) is 0 Å². The number of hydrogen-bond donors (Lipinski definition) is 0. The van der Waals surface area contributed by atoms with E-state index in [9.17, 15) is 9.59 Å². The van der Waals surface area contributed by atoms with Gasteiger partial charge in [0.2, 0.25) is 0 Å². The van der Waals surface area contributed by atoms with Crippen LogP contribution >= 0.6 is 39.0 Å². The zero-order chi connectivity index (χ0) is 28.2. The summed E-state index contributed by atoms with van der Waals surface area (Å²) >= 11 is 6.31. The molecule has 5 rings (SSSR count). The van der Waals surface area contributed by atoms with Gasteiger partial charge in [0, 0.05) is 21.0 Å². The number of rotatable bonds is 9. The van der Waals surface area contributed by atoms with E-state index >= 15 is 0 Å². The summed E-state index contributed by atoms with van der Waals surface area (Å²) in [5, 5.41) is 0.719. The molecule has 7 nitrogen and oxygen atoms in total. The molecule has 206 valence electrons. The lowest BCUT2D eigenvalue weighted by Gasteiger charge is -2.27. The lowest BCUT2D eigenvalue weighted by Crippen LogP contribution is -2.40. The number of furan rings is 1. The zero-order valence-corrected chi connectivity index (χ0v) is 25.4. The van der Waals surface area contributed by atoms with Crippen molar-refractivity contribution < 1.29 is 18.7 Å². The van der Waals surface area contributed by atoms with Crippen molar-refractivity contribution >= 4 is 51.1 Å². The molecule has 40 heavy (non-hydrogen) atoms. The summed E-state index contributed by atoms with van der Waals surface area (Å²) in [6.07, 6.45) is 3.05. The molecule has 10 heteroatoms. The Labute approximate surface area is 248 Å². The average molecular weight is 640 g/mol. The molecular formula is C30H27BrN2O5S2. The Kier molecular flexibility index (Phi) is 8.78. The molecule has 2 aromatic carbocycles. The molecule has 0 amide bonds. The Morgan fingerprint density at radius 2 is 1.98 bits per heavy atom. The number of nitrogens with zero attached hydrogens (tertiary/aromatic N) is 2. The van der Waals surface area contributed by atoms with Crippen molar-refractivity contribution in [1.82, 2.24) is 4.57 Å². The molecule has 0 unspecified atom stereocenters. The summed E-state index contributed by atoms with van der Waals surface area (Å²) in [4.78, 5) is 33.7. The monoisotopic (exact) mass is 638 g/mol. The first-order chi connectivity index (χ1) is 19.4. The topological polar surface area (TPSA) is 83.0 Å².